The average molecular weight is 564 g/mol. The van der Waals surface area contributed by atoms with Gasteiger partial charge >= 0.3 is 208 Å². The van der Waals surface area contributed by atoms with Crippen molar-refractivity contribution in [2.45, 2.75) is 24.7 Å². The maximum atomic E-state index is 14.0. The summed E-state index contributed by atoms with van der Waals surface area (Å²) in [7, 11) is 0. The van der Waals surface area contributed by atoms with Crippen LogP contribution < -0.4 is 10.2 Å². The average Bonchev–Trinajstić information content (AvgIpc) is 2.90. The molecular formula is C28H28AsClFN5. The Kier molecular flexibility index (Phi) is 7.47. The standard InChI is InChI=1S/C28H28AsClFN5/c1-18(36-19(2)34-26(16-27(36)29)22-6-8-24(30)25(31)15-22)20-4-3-5-21(14-20)23-7-9-28(33-17-23)35-12-10-32-11-13-35/h3-9,14-18,27,32H,10-13H2,1-2H3/t18-,27?/m0/s1. The van der Waals surface area contributed by atoms with E-state index < -0.39 is 5.82 Å². The zero-order valence-corrected chi connectivity index (χ0v) is 23.0. The minimum absolute atomic E-state index is 0.0300. The van der Waals surface area contributed by atoms with Gasteiger partial charge in [-0.2, -0.15) is 0 Å². The second-order valence-corrected chi connectivity index (χ2v) is 10.6. The number of rotatable bonds is 5. The van der Waals surface area contributed by atoms with Crippen molar-refractivity contribution in [3.8, 4) is 11.1 Å². The van der Waals surface area contributed by atoms with E-state index in [1.54, 1.807) is 12.1 Å². The van der Waals surface area contributed by atoms with Gasteiger partial charge in [-0.15, -0.1) is 0 Å². The summed E-state index contributed by atoms with van der Waals surface area (Å²) in [5.74, 6) is 1.47. The Balaban J connectivity index is 1.35. The van der Waals surface area contributed by atoms with Gasteiger partial charge in [-0.05, 0) is 0 Å². The number of anilines is 1. The van der Waals surface area contributed by atoms with Gasteiger partial charge in [-0.25, -0.2) is 0 Å². The van der Waals surface area contributed by atoms with Crippen molar-refractivity contribution in [3.63, 3.8) is 0 Å². The van der Waals surface area contributed by atoms with Crippen LogP contribution in [0.4, 0.5) is 10.2 Å². The van der Waals surface area contributed by atoms with Crippen molar-refractivity contribution < 1.29 is 4.39 Å². The van der Waals surface area contributed by atoms with Crippen LogP contribution in [0.1, 0.15) is 31.0 Å². The van der Waals surface area contributed by atoms with E-state index in [4.69, 9.17) is 21.6 Å². The topological polar surface area (TPSA) is 43.8 Å². The number of pyridine rings is 1. The van der Waals surface area contributed by atoms with Crippen LogP contribution in [-0.4, -0.2) is 63.6 Å². The molecule has 2 atom stereocenters. The maximum absolute atomic E-state index is 14.0. The van der Waals surface area contributed by atoms with E-state index in [1.807, 2.05) is 13.1 Å². The van der Waals surface area contributed by atoms with Crippen LogP contribution in [0.3, 0.4) is 0 Å². The summed E-state index contributed by atoms with van der Waals surface area (Å²) in [5.41, 5.74) is 4.90. The first-order chi connectivity index (χ1) is 17.4. The molecule has 184 valence electrons. The first-order valence-electron chi connectivity index (χ1n) is 12.1. The molecule has 5 nitrogen and oxygen atoms in total. The minimum atomic E-state index is -0.437. The molecule has 3 heterocycles. The van der Waals surface area contributed by atoms with E-state index >= 15 is 0 Å². The molecule has 0 amide bonds. The van der Waals surface area contributed by atoms with E-state index in [2.05, 4.69) is 81.4 Å². The molecule has 0 saturated carbocycles. The normalized spacial score (nSPS) is 19.1. The molecule has 2 radical (unpaired) electrons. The summed E-state index contributed by atoms with van der Waals surface area (Å²) in [4.78, 5) is 14.2. The van der Waals surface area contributed by atoms with Crippen LogP contribution in [0.2, 0.25) is 5.02 Å². The molecule has 2 aliphatic rings. The van der Waals surface area contributed by atoms with Gasteiger partial charge in [0.25, 0.3) is 0 Å². The van der Waals surface area contributed by atoms with E-state index in [0.717, 1.165) is 60.2 Å². The van der Waals surface area contributed by atoms with Gasteiger partial charge in [0, 0.05) is 13.1 Å². The van der Waals surface area contributed by atoms with Crippen molar-refractivity contribution in [2.24, 2.45) is 4.99 Å². The van der Waals surface area contributed by atoms with Crippen molar-refractivity contribution in [1.29, 1.82) is 0 Å². The molecule has 5 rings (SSSR count). The summed E-state index contributed by atoms with van der Waals surface area (Å²) < 4.78 is 14.0. The molecule has 2 aromatic carbocycles. The third kappa shape index (κ3) is 5.22. The van der Waals surface area contributed by atoms with Crippen LogP contribution >= 0.6 is 11.6 Å². The molecular weight excluding hydrogens is 536 g/mol. The first kappa shape index (κ1) is 25.0. The van der Waals surface area contributed by atoms with E-state index in [9.17, 15) is 4.39 Å². The third-order valence-electron chi connectivity index (χ3n) is 6.77. The Hall–Kier alpha value is -2.66. The van der Waals surface area contributed by atoms with Crippen molar-refractivity contribution in [2.75, 3.05) is 31.1 Å². The van der Waals surface area contributed by atoms with Crippen LogP contribution in [-0.2, 0) is 0 Å². The second kappa shape index (κ2) is 10.8. The molecule has 0 aliphatic carbocycles. The van der Waals surface area contributed by atoms with Gasteiger partial charge in [0.05, 0.1) is 0 Å². The number of aromatic nitrogens is 1. The van der Waals surface area contributed by atoms with Gasteiger partial charge in [0.2, 0.25) is 0 Å². The summed E-state index contributed by atoms with van der Waals surface area (Å²) >= 11 is 8.56. The molecule has 3 aromatic rings. The molecule has 1 fully saturated rings. The number of nitrogens with one attached hydrogen (secondary N) is 1. The summed E-state index contributed by atoms with van der Waals surface area (Å²) in [6, 6.07) is 17.8. The number of hydrogen-bond donors (Lipinski definition) is 1. The number of hydrogen-bond acceptors (Lipinski definition) is 5. The van der Waals surface area contributed by atoms with Crippen molar-refractivity contribution in [3.05, 3.63) is 88.8 Å². The van der Waals surface area contributed by atoms with Gasteiger partial charge in [-0.3, -0.25) is 0 Å². The summed E-state index contributed by atoms with van der Waals surface area (Å²) in [6.07, 6.45) is 4.02. The van der Waals surface area contributed by atoms with Gasteiger partial charge in [0.1, 0.15) is 0 Å². The van der Waals surface area contributed by atoms with Crippen LogP contribution in [0.25, 0.3) is 16.8 Å². The number of aliphatic imine (C=N–C) groups is 1. The van der Waals surface area contributed by atoms with Gasteiger partial charge in [0.15, 0.2) is 0 Å². The monoisotopic (exact) mass is 563 g/mol. The number of nitrogens with zero attached hydrogens (tertiary/aromatic N) is 4. The molecule has 0 spiro atoms. The predicted molar refractivity (Wildman–Crippen MR) is 147 cm³/mol. The number of amidine groups is 1. The fourth-order valence-corrected chi connectivity index (χ4v) is 5.97. The van der Waals surface area contributed by atoms with Crippen LogP contribution in [0, 0.1) is 5.82 Å². The number of piperazine rings is 1. The quantitative estimate of drug-likeness (QED) is 0.429. The molecule has 1 N–H and O–H groups in total. The zero-order valence-electron chi connectivity index (χ0n) is 20.3. The Morgan fingerprint density at radius 2 is 1.83 bits per heavy atom. The zero-order chi connectivity index (χ0) is 25.2. The molecule has 1 aromatic heterocycles. The molecule has 1 saturated heterocycles. The Morgan fingerprint density at radius 3 is 2.53 bits per heavy atom. The van der Waals surface area contributed by atoms with Gasteiger partial charge in [-0.1, -0.05) is 0 Å². The number of halogens is 2. The Labute approximate surface area is 225 Å². The molecule has 1 unspecified atom stereocenters. The SMILES string of the molecule is CC1=NC(c2ccc(Cl)c(F)c2)=CC([As])N1[C@@H](C)c1cccc(-c2ccc(N3CCNCC3)nc2)c1. The first-order valence-corrected chi connectivity index (χ1v) is 13.6. The Morgan fingerprint density at radius 1 is 1.06 bits per heavy atom. The van der Waals surface area contributed by atoms with Crippen molar-refractivity contribution in [1.82, 2.24) is 15.2 Å². The van der Waals surface area contributed by atoms with Crippen LogP contribution in [0.5, 0.6) is 0 Å². The molecule has 36 heavy (non-hydrogen) atoms. The number of benzene rings is 2. The summed E-state index contributed by atoms with van der Waals surface area (Å²) in [5, 5.41) is 3.49. The van der Waals surface area contributed by atoms with Gasteiger partial charge < -0.3 is 5.32 Å². The summed E-state index contributed by atoms with van der Waals surface area (Å²) in [6.45, 7) is 8.13. The van der Waals surface area contributed by atoms with E-state index in [0.29, 0.717) is 0 Å². The third-order valence-corrected chi connectivity index (χ3v) is 7.91. The second-order valence-electron chi connectivity index (χ2n) is 9.10. The molecule has 0 bridgehead atoms. The predicted octanol–water partition coefficient (Wildman–Crippen LogP) is 5.28. The molecule has 8 heteroatoms. The fraction of sp³-hybridized carbons (Fsp3) is 0.286. The fourth-order valence-electron chi connectivity index (χ4n) is 4.78. The van der Waals surface area contributed by atoms with Crippen molar-refractivity contribution >= 4 is 45.8 Å². The van der Waals surface area contributed by atoms with Crippen LogP contribution in [0.15, 0.2) is 71.9 Å². The van der Waals surface area contributed by atoms with E-state index in [-0.39, 0.29) is 15.9 Å². The van der Waals surface area contributed by atoms with E-state index in [1.165, 1.54) is 11.6 Å². The Bertz CT molecular complexity index is 1300. The molecule has 2 aliphatic heterocycles.